The fraction of sp³-hybridized carbons (Fsp3) is 0.333. The van der Waals surface area contributed by atoms with Crippen LogP contribution in [-0.2, 0) is 14.4 Å². The fourth-order valence-corrected chi connectivity index (χ4v) is 2.80. The molecule has 0 radical (unpaired) electrons. The average Bonchev–Trinajstić information content (AvgIpc) is 2.57. The van der Waals surface area contributed by atoms with Crippen molar-refractivity contribution in [3.8, 4) is 11.8 Å². The van der Waals surface area contributed by atoms with Gasteiger partial charge in [0.05, 0.1) is 12.8 Å². The number of carbonyl (C=O) groups is 2. The number of ether oxygens (including phenoxy) is 1. The van der Waals surface area contributed by atoms with Crippen LogP contribution in [-0.4, -0.2) is 28.9 Å². The summed E-state index contributed by atoms with van der Waals surface area (Å²) in [6.07, 6.45) is 4.05. The number of anilines is 1. The van der Waals surface area contributed by atoms with Crippen molar-refractivity contribution in [1.82, 2.24) is 9.97 Å². The highest BCUT2D eigenvalue weighted by atomic mass is 16.7. The molecule has 1 saturated carbocycles. The molecule has 3 rings (SSSR count). The van der Waals surface area contributed by atoms with Gasteiger partial charge in [-0.3, -0.25) is 14.4 Å². The first-order chi connectivity index (χ1) is 12.5. The van der Waals surface area contributed by atoms with Crippen LogP contribution in [0.5, 0.6) is 11.8 Å². The zero-order chi connectivity index (χ0) is 18.7. The molecular formula is C18H20N4O4. The maximum atomic E-state index is 12.7. The molecule has 0 atom stereocenters. The largest absolute Gasteiger partial charge is 0.424 e. The first-order valence-electron chi connectivity index (χ1n) is 8.22. The topological polar surface area (TPSA) is 108 Å². The fourth-order valence-electron chi connectivity index (χ4n) is 2.80. The van der Waals surface area contributed by atoms with Crippen molar-refractivity contribution >= 4 is 17.5 Å². The quantitative estimate of drug-likeness (QED) is 0.793. The average molecular weight is 356 g/mol. The van der Waals surface area contributed by atoms with Gasteiger partial charge in [0, 0.05) is 30.3 Å². The highest BCUT2D eigenvalue weighted by molar-refractivity contribution is 5.95. The predicted octanol–water partition coefficient (Wildman–Crippen LogP) is 1.98. The van der Waals surface area contributed by atoms with Gasteiger partial charge in [-0.2, -0.15) is 5.06 Å². The van der Waals surface area contributed by atoms with Gasteiger partial charge in [-0.05, 0) is 37.5 Å². The van der Waals surface area contributed by atoms with E-state index in [1.165, 1.54) is 12.2 Å². The standard InChI is InChI=1S/C18H20N4O4/c1-11-4-5-14(10-15(11)26-18-20-6-3-7-21-18)22(25-2)17(24)13-8-12(9-13)16(19)23/h3-7,10,12-13H,8-9H2,1-2H3,(H2,19,23). The van der Waals surface area contributed by atoms with Crippen molar-refractivity contribution in [1.29, 1.82) is 0 Å². The Kier molecular flexibility index (Phi) is 5.13. The molecule has 1 aromatic carbocycles. The van der Waals surface area contributed by atoms with E-state index in [0.29, 0.717) is 24.3 Å². The zero-order valence-corrected chi connectivity index (χ0v) is 14.6. The number of hydrogen-bond acceptors (Lipinski definition) is 6. The number of amides is 2. The lowest BCUT2D eigenvalue weighted by molar-refractivity contribution is -0.136. The van der Waals surface area contributed by atoms with Crippen molar-refractivity contribution in [2.75, 3.05) is 12.2 Å². The van der Waals surface area contributed by atoms with Crippen molar-refractivity contribution in [2.45, 2.75) is 19.8 Å². The van der Waals surface area contributed by atoms with E-state index in [0.717, 1.165) is 5.56 Å². The summed E-state index contributed by atoms with van der Waals surface area (Å²) in [5.41, 5.74) is 6.65. The van der Waals surface area contributed by atoms with Gasteiger partial charge in [-0.15, -0.1) is 0 Å². The number of rotatable bonds is 6. The summed E-state index contributed by atoms with van der Waals surface area (Å²) in [7, 11) is 1.42. The van der Waals surface area contributed by atoms with Crippen LogP contribution in [0.15, 0.2) is 36.7 Å². The lowest BCUT2D eigenvalue weighted by atomic mass is 9.74. The number of nitrogens with two attached hydrogens (primary N) is 1. The van der Waals surface area contributed by atoms with Gasteiger partial charge >= 0.3 is 6.01 Å². The highest BCUT2D eigenvalue weighted by Gasteiger charge is 2.40. The van der Waals surface area contributed by atoms with Crippen LogP contribution in [0.3, 0.4) is 0 Å². The Hall–Kier alpha value is -3.00. The maximum absolute atomic E-state index is 12.7. The van der Waals surface area contributed by atoms with Crippen LogP contribution in [0, 0.1) is 18.8 Å². The molecule has 0 spiro atoms. The van der Waals surface area contributed by atoms with Crippen molar-refractivity contribution in [3.63, 3.8) is 0 Å². The third-order valence-electron chi connectivity index (χ3n) is 4.42. The molecule has 0 bridgehead atoms. The van der Waals surface area contributed by atoms with E-state index in [9.17, 15) is 9.59 Å². The zero-order valence-electron chi connectivity index (χ0n) is 14.6. The molecule has 2 aromatic rings. The minimum absolute atomic E-state index is 0.212. The molecule has 26 heavy (non-hydrogen) atoms. The number of primary amides is 1. The Balaban J connectivity index is 1.77. The van der Waals surface area contributed by atoms with Crippen LogP contribution < -0.4 is 15.5 Å². The Morgan fingerprint density at radius 2 is 1.88 bits per heavy atom. The van der Waals surface area contributed by atoms with E-state index >= 15 is 0 Å². The summed E-state index contributed by atoms with van der Waals surface area (Å²) in [6, 6.07) is 7.18. The van der Waals surface area contributed by atoms with E-state index in [2.05, 4.69) is 9.97 Å². The predicted molar refractivity (Wildman–Crippen MR) is 93.2 cm³/mol. The molecule has 1 aromatic heterocycles. The molecule has 136 valence electrons. The van der Waals surface area contributed by atoms with Crippen molar-refractivity contribution in [2.24, 2.45) is 17.6 Å². The summed E-state index contributed by atoms with van der Waals surface area (Å²) in [6.45, 7) is 1.88. The number of benzene rings is 1. The summed E-state index contributed by atoms with van der Waals surface area (Å²) in [5, 5.41) is 1.21. The molecule has 0 aliphatic heterocycles. The Morgan fingerprint density at radius 1 is 1.19 bits per heavy atom. The number of nitrogens with zero attached hydrogens (tertiary/aromatic N) is 3. The Bertz CT molecular complexity index is 806. The van der Waals surface area contributed by atoms with Gasteiger partial charge in [-0.1, -0.05) is 6.07 Å². The first-order valence-corrected chi connectivity index (χ1v) is 8.22. The van der Waals surface area contributed by atoms with Gasteiger partial charge in [-0.25, -0.2) is 9.97 Å². The second kappa shape index (κ2) is 7.49. The van der Waals surface area contributed by atoms with E-state index in [-0.39, 0.29) is 29.7 Å². The Labute approximate surface area is 150 Å². The normalized spacial score (nSPS) is 18.7. The molecule has 1 aliphatic rings. The highest BCUT2D eigenvalue weighted by Crippen LogP contribution is 2.36. The van der Waals surface area contributed by atoms with Crippen molar-refractivity contribution in [3.05, 3.63) is 42.2 Å². The van der Waals surface area contributed by atoms with Crippen LogP contribution in [0.25, 0.3) is 0 Å². The second-order valence-corrected chi connectivity index (χ2v) is 6.17. The van der Waals surface area contributed by atoms with Crippen LogP contribution in [0.4, 0.5) is 5.69 Å². The minimum atomic E-state index is -0.369. The minimum Gasteiger partial charge on any atom is -0.424 e. The number of hydrogen-bond donors (Lipinski definition) is 1. The summed E-state index contributed by atoms with van der Waals surface area (Å²) in [5.74, 6) is -0.583. The molecule has 2 amide bonds. The first kappa shape index (κ1) is 17.8. The van der Waals surface area contributed by atoms with Crippen LogP contribution >= 0.6 is 0 Å². The van der Waals surface area contributed by atoms with E-state index < -0.39 is 0 Å². The third kappa shape index (κ3) is 3.65. The van der Waals surface area contributed by atoms with Crippen LogP contribution in [0.1, 0.15) is 18.4 Å². The van der Waals surface area contributed by atoms with Gasteiger partial charge in [0.1, 0.15) is 5.75 Å². The number of aryl methyl sites for hydroxylation is 1. The molecule has 2 N–H and O–H groups in total. The number of carbonyl (C=O) groups excluding carboxylic acids is 2. The molecule has 8 nitrogen and oxygen atoms in total. The number of hydroxylamine groups is 1. The van der Waals surface area contributed by atoms with Crippen LogP contribution in [0.2, 0.25) is 0 Å². The van der Waals surface area contributed by atoms with E-state index in [4.69, 9.17) is 15.3 Å². The monoisotopic (exact) mass is 356 g/mol. The maximum Gasteiger partial charge on any atom is 0.321 e. The molecule has 0 saturated heterocycles. The second-order valence-electron chi connectivity index (χ2n) is 6.17. The lowest BCUT2D eigenvalue weighted by Crippen LogP contribution is -2.45. The molecular weight excluding hydrogens is 336 g/mol. The SMILES string of the molecule is CON(C(=O)C1CC(C(N)=O)C1)c1ccc(C)c(Oc2ncccn2)c1. The summed E-state index contributed by atoms with van der Waals surface area (Å²) >= 11 is 0. The van der Waals surface area contributed by atoms with Gasteiger partial charge < -0.3 is 10.5 Å². The molecule has 1 heterocycles. The third-order valence-corrected chi connectivity index (χ3v) is 4.42. The van der Waals surface area contributed by atoms with E-state index in [1.54, 1.807) is 30.6 Å². The smallest absolute Gasteiger partial charge is 0.321 e. The Morgan fingerprint density at radius 3 is 2.50 bits per heavy atom. The molecule has 0 unspecified atom stereocenters. The molecule has 8 heteroatoms. The number of aromatic nitrogens is 2. The summed E-state index contributed by atoms with van der Waals surface area (Å²) < 4.78 is 5.70. The van der Waals surface area contributed by atoms with Gasteiger partial charge in [0.25, 0.3) is 5.91 Å². The van der Waals surface area contributed by atoms with Gasteiger partial charge in [0.2, 0.25) is 5.91 Å². The molecule has 1 aliphatic carbocycles. The summed E-state index contributed by atoms with van der Waals surface area (Å²) in [4.78, 5) is 37.2. The van der Waals surface area contributed by atoms with Crippen molar-refractivity contribution < 1.29 is 19.2 Å². The lowest BCUT2D eigenvalue weighted by Gasteiger charge is -2.34. The molecule has 1 fully saturated rings. The van der Waals surface area contributed by atoms with Gasteiger partial charge in [0.15, 0.2) is 0 Å². The van der Waals surface area contributed by atoms with E-state index in [1.807, 2.05) is 13.0 Å².